The smallest absolute Gasteiger partial charge is 0.0170 e. The van der Waals surface area contributed by atoms with Gasteiger partial charge in [-0.2, -0.15) is 0 Å². The van der Waals surface area contributed by atoms with Crippen molar-refractivity contribution >= 4 is 6.08 Å². The van der Waals surface area contributed by atoms with Gasteiger partial charge in [-0.05, 0) is 43.4 Å². The Hall–Kier alpha value is -1.08. The third-order valence-corrected chi connectivity index (χ3v) is 3.55. The number of nitrogens with one attached hydrogen (secondary N) is 1. The average Bonchev–Trinajstić information content (AvgIpc) is 2.52. The van der Waals surface area contributed by atoms with Gasteiger partial charge < -0.3 is 5.32 Å². The molecule has 0 aromatic heterocycles. The maximum Gasteiger partial charge on any atom is 0.0170 e. The highest BCUT2D eigenvalue weighted by molar-refractivity contribution is 5.61. The van der Waals surface area contributed by atoms with E-state index in [1.165, 1.54) is 29.5 Å². The van der Waals surface area contributed by atoms with Gasteiger partial charge in [0, 0.05) is 6.54 Å². The van der Waals surface area contributed by atoms with Gasteiger partial charge in [0.15, 0.2) is 0 Å². The Kier molecular flexibility index (Phi) is 11.0. The molecule has 1 nitrogen and oxygen atoms in total. The molecule has 1 aliphatic rings. The minimum absolute atomic E-state index is 0.675. The van der Waals surface area contributed by atoms with Gasteiger partial charge in [-0.1, -0.05) is 77.0 Å². The van der Waals surface area contributed by atoms with Crippen LogP contribution in [0.3, 0.4) is 0 Å². The second-order valence-electron chi connectivity index (χ2n) is 5.20. The van der Waals surface area contributed by atoms with Gasteiger partial charge in [0.05, 0.1) is 0 Å². The zero-order valence-electron chi connectivity index (χ0n) is 15.2. The molecular weight excluding hydrogens is 254 g/mol. The van der Waals surface area contributed by atoms with Crippen LogP contribution in [0, 0.1) is 12.8 Å². The molecule has 0 fully saturated rings. The molecule has 1 unspecified atom stereocenters. The number of fused-ring (bicyclic) bond motifs is 1. The lowest BCUT2D eigenvalue weighted by Gasteiger charge is -2.23. The predicted molar refractivity (Wildman–Crippen MR) is 97.9 cm³/mol. The normalized spacial score (nSPS) is 15.8. The van der Waals surface area contributed by atoms with Gasteiger partial charge in [-0.25, -0.2) is 0 Å². The third kappa shape index (κ3) is 6.48. The van der Waals surface area contributed by atoms with Crippen LogP contribution in [0.5, 0.6) is 0 Å². The van der Waals surface area contributed by atoms with Crippen molar-refractivity contribution in [1.82, 2.24) is 5.32 Å². The van der Waals surface area contributed by atoms with E-state index in [2.05, 4.69) is 50.4 Å². The van der Waals surface area contributed by atoms with E-state index in [0.29, 0.717) is 5.92 Å². The molecule has 1 aromatic carbocycles. The minimum Gasteiger partial charge on any atom is -0.313 e. The van der Waals surface area contributed by atoms with E-state index in [1.807, 2.05) is 27.7 Å². The fourth-order valence-electron chi connectivity index (χ4n) is 2.49. The van der Waals surface area contributed by atoms with Crippen molar-refractivity contribution in [3.8, 4) is 0 Å². The quantitative estimate of drug-likeness (QED) is 0.709. The second-order valence-corrected chi connectivity index (χ2v) is 5.20. The highest BCUT2D eigenvalue weighted by Gasteiger charge is 2.16. The van der Waals surface area contributed by atoms with Crippen LogP contribution in [0.2, 0.25) is 0 Å². The first kappa shape index (κ1) is 19.9. The molecule has 1 atom stereocenters. The van der Waals surface area contributed by atoms with Crippen molar-refractivity contribution < 1.29 is 0 Å². The SMILES string of the molecule is CC.CC.CCCNCC1=Cc2ccc(C)cc2CC1C. The molecule has 1 aliphatic carbocycles. The van der Waals surface area contributed by atoms with Crippen molar-refractivity contribution in [2.45, 2.75) is 61.3 Å². The largest absolute Gasteiger partial charge is 0.313 e. The van der Waals surface area contributed by atoms with Crippen molar-refractivity contribution in [3.05, 3.63) is 40.5 Å². The van der Waals surface area contributed by atoms with Crippen LogP contribution >= 0.6 is 0 Å². The van der Waals surface area contributed by atoms with Gasteiger partial charge in [0.2, 0.25) is 0 Å². The molecule has 0 bridgehead atoms. The lowest BCUT2D eigenvalue weighted by atomic mass is 9.84. The summed E-state index contributed by atoms with van der Waals surface area (Å²) < 4.78 is 0. The molecule has 0 saturated carbocycles. The first-order valence-corrected chi connectivity index (χ1v) is 8.71. The van der Waals surface area contributed by atoms with Crippen LogP contribution in [0.15, 0.2) is 23.8 Å². The number of hydrogen-bond acceptors (Lipinski definition) is 1. The minimum atomic E-state index is 0.675. The molecule has 1 heteroatoms. The summed E-state index contributed by atoms with van der Waals surface area (Å²) >= 11 is 0. The zero-order valence-corrected chi connectivity index (χ0v) is 15.2. The second kappa shape index (κ2) is 11.6. The summed E-state index contributed by atoms with van der Waals surface area (Å²) in [5, 5.41) is 3.51. The van der Waals surface area contributed by atoms with Gasteiger partial charge in [0.25, 0.3) is 0 Å². The molecule has 1 aromatic rings. The number of benzene rings is 1. The zero-order chi connectivity index (χ0) is 16.3. The van der Waals surface area contributed by atoms with E-state index in [4.69, 9.17) is 0 Å². The lowest BCUT2D eigenvalue weighted by molar-refractivity contribution is 0.611. The predicted octanol–water partition coefficient (Wildman–Crippen LogP) is 5.62. The van der Waals surface area contributed by atoms with Crippen LogP contribution in [-0.4, -0.2) is 13.1 Å². The van der Waals surface area contributed by atoms with Crippen molar-refractivity contribution in [2.24, 2.45) is 5.92 Å². The summed E-state index contributed by atoms with van der Waals surface area (Å²) in [6, 6.07) is 6.80. The summed E-state index contributed by atoms with van der Waals surface area (Å²) in [5.74, 6) is 0.675. The Morgan fingerprint density at radius 1 is 1.14 bits per heavy atom. The first-order valence-electron chi connectivity index (χ1n) is 8.71. The van der Waals surface area contributed by atoms with E-state index in [0.717, 1.165) is 13.1 Å². The molecule has 1 N–H and O–H groups in total. The molecule has 0 amide bonds. The van der Waals surface area contributed by atoms with E-state index in [1.54, 1.807) is 5.57 Å². The summed E-state index contributed by atoms with van der Waals surface area (Å²) in [6.45, 7) is 16.9. The van der Waals surface area contributed by atoms with Crippen LogP contribution in [0.4, 0.5) is 0 Å². The summed E-state index contributed by atoms with van der Waals surface area (Å²) in [4.78, 5) is 0. The molecule has 0 spiro atoms. The van der Waals surface area contributed by atoms with E-state index >= 15 is 0 Å². The summed E-state index contributed by atoms with van der Waals surface area (Å²) in [7, 11) is 0. The van der Waals surface area contributed by atoms with Crippen molar-refractivity contribution in [1.29, 1.82) is 0 Å². The molecule has 0 heterocycles. The van der Waals surface area contributed by atoms with E-state index < -0.39 is 0 Å². The van der Waals surface area contributed by atoms with Gasteiger partial charge in [-0.15, -0.1) is 0 Å². The lowest BCUT2D eigenvalue weighted by Crippen LogP contribution is -2.23. The highest BCUT2D eigenvalue weighted by Crippen LogP contribution is 2.28. The topological polar surface area (TPSA) is 12.0 Å². The molecule has 2 rings (SSSR count). The Bertz CT molecular complexity index is 418. The van der Waals surface area contributed by atoms with Crippen molar-refractivity contribution in [2.75, 3.05) is 13.1 Å². The number of aryl methyl sites for hydroxylation is 1. The Balaban J connectivity index is 0.000000921. The van der Waals surface area contributed by atoms with Crippen molar-refractivity contribution in [3.63, 3.8) is 0 Å². The number of rotatable bonds is 4. The maximum atomic E-state index is 3.51. The average molecular weight is 290 g/mol. The first-order chi connectivity index (χ1) is 10.2. The molecule has 0 aliphatic heterocycles. The van der Waals surface area contributed by atoms with Gasteiger partial charge >= 0.3 is 0 Å². The Morgan fingerprint density at radius 2 is 1.81 bits per heavy atom. The summed E-state index contributed by atoms with van der Waals surface area (Å²) in [6.07, 6.45) is 4.78. The number of hydrogen-bond donors (Lipinski definition) is 1. The van der Waals surface area contributed by atoms with Crippen LogP contribution in [0.1, 0.15) is 64.7 Å². The monoisotopic (exact) mass is 289 g/mol. The molecule has 21 heavy (non-hydrogen) atoms. The third-order valence-electron chi connectivity index (χ3n) is 3.55. The maximum absolute atomic E-state index is 3.51. The fraction of sp³-hybridized carbons (Fsp3) is 0.600. The molecule has 120 valence electrons. The van der Waals surface area contributed by atoms with Crippen LogP contribution < -0.4 is 5.32 Å². The van der Waals surface area contributed by atoms with E-state index in [9.17, 15) is 0 Å². The van der Waals surface area contributed by atoms with Crippen LogP contribution in [0.25, 0.3) is 6.08 Å². The fourth-order valence-corrected chi connectivity index (χ4v) is 2.49. The van der Waals surface area contributed by atoms with E-state index in [-0.39, 0.29) is 0 Å². The van der Waals surface area contributed by atoms with Gasteiger partial charge in [0.1, 0.15) is 0 Å². The molecular formula is C20H35N. The standard InChI is InChI=1S/C16H23N.2C2H6/c1-4-7-17-11-16-10-14-6-5-12(2)8-15(14)9-13(16)3;2*1-2/h5-6,8,10,13,17H,4,7,9,11H2,1-3H3;2*1-2H3. The van der Waals surface area contributed by atoms with Gasteiger partial charge in [-0.3, -0.25) is 0 Å². The Morgan fingerprint density at radius 3 is 2.43 bits per heavy atom. The van der Waals surface area contributed by atoms with Crippen LogP contribution in [-0.2, 0) is 6.42 Å². The molecule has 0 radical (unpaired) electrons. The molecule has 0 saturated heterocycles. The summed E-state index contributed by atoms with van der Waals surface area (Å²) in [5.41, 5.74) is 5.85. The Labute approximate surface area is 132 Å². The highest BCUT2D eigenvalue weighted by atomic mass is 14.8.